The molecule has 0 unspecified atom stereocenters. The number of nitrogens with zero attached hydrogens (tertiary/aromatic N) is 2. The normalized spacial score (nSPS) is 16.0. The summed E-state index contributed by atoms with van der Waals surface area (Å²) in [5.74, 6) is 1.07. The number of benzene rings is 1. The van der Waals surface area contributed by atoms with E-state index in [1.54, 1.807) is 0 Å². The molecule has 4 heteroatoms. The van der Waals surface area contributed by atoms with Gasteiger partial charge in [0.1, 0.15) is 0 Å². The van der Waals surface area contributed by atoms with Crippen molar-refractivity contribution in [3.05, 3.63) is 35.4 Å². The summed E-state index contributed by atoms with van der Waals surface area (Å²) in [5, 5.41) is 11.8. The minimum atomic E-state index is 0.172. The summed E-state index contributed by atoms with van der Waals surface area (Å²) in [6.07, 6.45) is 3.93. The smallest absolute Gasteiger partial charge is 0.170 e. The zero-order valence-electron chi connectivity index (χ0n) is 11.5. The van der Waals surface area contributed by atoms with Crippen LogP contribution in [-0.4, -0.2) is 29.0 Å². The Morgan fingerprint density at radius 3 is 2.89 bits per heavy atom. The molecule has 1 aromatic rings. The molecule has 0 amide bonds. The van der Waals surface area contributed by atoms with E-state index in [2.05, 4.69) is 23.0 Å². The van der Waals surface area contributed by atoms with Gasteiger partial charge in [-0.25, -0.2) is 0 Å². The molecule has 1 saturated carbocycles. The number of oxime groups is 1. The summed E-state index contributed by atoms with van der Waals surface area (Å²) in [5.41, 5.74) is 7.63. The SMILES string of the molecule is CCCN(Cc1cccc(C(N)=NO)c1)CC1CC1. The van der Waals surface area contributed by atoms with Gasteiger partial charge in [0.05, 0.1) is 0 Å². The molecule has 4 nitrogen and oxygen atoms in total. The fraction of sp³-hybridized carbons (Fsp3) is 0.533. The van der Waals surface area contributed by atoms with Crippen molar-refractivity contribution in [2.24, 2.45) is 16.8 Å². The van der Waals surface area contributed by atoms with Crippen LogP contribution in [0.1, 0.15) is 37.3 Å². The molecule has 0 radical (unpaired) electrons. The highest BCUT2D eigenvalue weighted by atomic mass is 16.4. The van der Waals surface area contributed by atoms with Crippen LogP contribution in [0.25, 0.3) is 0 Å². The lowest BCUT2D eigenvalue weighted by Crippen LogP contribution is -2.26. The fourth-order valence-corrected chi connectivity index (χ4v) is 2.36. The van der Waals surface area contributed by atoms with Gasteiger partial charge in [-0.1, -0.05) is 30.3 Å². The molecular formula is C15H23N3O. The molecule has 1 aromatic carbocycles. The van der Waals surface area contributed by atoms with E-state index in [9.17, 15) is 0 Å². The second-order valence-corrected chi connectivity index (χ2v) is 5.36. The third kappa shape index (κ3) is 4.24. The van der Waals surface area contributed by atoms with Crippen LogP contribution in [0.2, 0.25) is 0 Å². The lowest BCUT2D eigenvalue weighted by Gasteiger charge is -2.21. The van der Waals surface area contributed by atoms with Crippen LogP contribution in [-0.2, 0) is 6.54 Å². The highest BCUT2D eigenvalue weighted by Crippen LogP contribution is 2.30. The van der Waals surface area contributed by atoms with Crippen LogP contribution in [0, 0.1) is 5.92 Å². The van der Waals surface area contributed by atoms with Crippen LogP contribution in [0.3, 0.4) is 0 Å². The molecule has 0 saturated heterocycles. The van der Waals surface area contributed by atoms with Gasteiger partial charge < -0.3 is 10.9 Å². The Bertz CT molecular complexity index is 441. The van der Waals surface area contributed by atoms with Crippen molar-refractivity contribution in [2.45, 2.75) is 32.7 Å². The van der Waals surface area contributed by atoms with Crippen LogP contribution >= 0.6 is 0 Å². The minimum absolute atomic E-state index is 0.172. The zero-order valence-corrected chi connectivity index (χ0v) is 11.5. The number of hydrogen-bond donors (Lipinski definition) is 2. The zero-order chi connectivity index (χ0) is 13.7. The summed E-state index contributed by atoms with van der Waals surface area (Å²) in [6.45, 7) is 5.48. The molecule has 1 fully saturated rings. The summed E-state index contributed by atoms with van der Waals surface area (Å²) in [4.78, 5) is 2.50. The molecule has 0 atom stereocenters. The second-order valence-electron chi connectivity index (χ2n) is 5.36. The largest absolute Gasteiger partial charge is 0.409 e. The Hall–Kier alpha value is -1.55. The Balaban J connectivity index is 2.02. The Labute approximate surface area is 114 Å². The van der Waals surface area contributed by atoms with E-state index < -0.39 is 0 Å². The average molecular weight is 261 g/mol. The van der Waals surface area contributed by atoms with E-state index in [1.807, 2.05) is 18.2 Å². The Morgan fingerprint density at radius 2 is 2.26 bits per heavy atom. The first-order chi connectivity index (χ1) is 9.22. The van der Waals surface area contributed by atoms with E-state index in [0.29, 0.717) is 0 Å². The van der Waals surface area contributed by atoms with Gasteiger partial charge in [0, 0.05) is 18.7 Å². The molecule has 0 aromatic heterocycles. The van der Waals surface area contributed by atoms with Gasteiger partial charge in [0.15, 0.2) is 5.84 Å². The molecule has 104 valence electrons. The van der Waals surface area contributed by atoms with Gasteiger partial charge in [-0.15, -0.1) is 0 Å². The maximum atomic E-state index is 8.72. The van der Waals surface area contributed by atoms with E-state index in [4.69, 9.17) is 10.9 Å². The molecule has 1 aliphatic rings. The Morgan fingerprint density at radius 1 is 1.47 bits per heavy atom. The van der Waals surface area contributed by atoms with E-state index >= 15 is 0 Å². The molecule has 19 heavy (non-hydrogen) atoms. The van der Waals surface area contributed by atoms with E-state index in [0.717, 1.165) is 24.6 Å². The number of amidine groups is 1. The topological polar surface area (TPSA) is 61.8 Å². The number of nitrogens with two attached hydrogens (primary N) is 1. The van der Waals surface area contributed by atoms with Gasteiger partial charge in [-0.2, -0.15) is 0 Å². The first-order valence-corrected chi connectivity index (χ1v) is 7.02. The molecule has 1 aliphatic carbocycles. The first kappa shape index (κ1) is 13.9. The third-order valence-electron chi connectivity index (χ3n) is 3.49. The maximum absolute atomic E-state index is 8.72. The van der Waals surface area contributed by atoms with Crippen molar-refractivity contribution < 1.29 is 5.21 Å². The molecule has 0 aliphatic heterocycles. The quantitative estimate of drug-likeness (QED) is 0.343. The predicted molar refractivity (Wildman–Crippen MR) is 77.2 cm³/mol. The van der Waals surface area contributed by atoms with Crippen LogP contribution < -0.4 is 5.73 Å². The van der Waals surface area contributed by atoms with Crippen molar-refractivity contribution in [3.63, 3.8) is 0 Å². The van der Waals surface area contributed by atoms with Gasteiger partial charge in [-0.3, -0.25) is 4.90 Å². The van der Waals surface area contributed by atoms with Crippen LogP contribution in [0.15, 0.2) is 29.4 Å². The molecule has 0 heterocycles. The van der Waals surface area contributed by atoms with Crippen LogP contribution in [0.4, 0.5) is 0 Å². The highest BCUT2D eigenvalue weighted by molar-refractivity contribution is 5.97. The summed E-state index contributed by atoms with van der Waals surface area (Å²) in [6, 6.07) is 7.93. The second kappa shape index (κ2) is 6.57. The highest BCUT2D eigenvalue weighted by Gasteiger charge is 2.23. The predicted octanol–water partition coefficient (Wildman–Crippen LogP) is 2.40. The lowest BCUT2D eigenvalue weighted by atomic mass is 10.1. The summed E-state index contributed by atoms with van der Waals surface area (Å²) >= 11 is 0. The van der Waals surface area contributed by atoms with Crippen molar-refractivity contribution in [3.8, 4) is 0 Å². The van der Waals surface area contributed by atoms with Crippen molar-refractivity contribution in [1.82, 2.24) is 4.90 Å². The molecule has 3 N–H and O–H groups in total. The monoisotopic (exact) mass is 261 g/mol. The number of hydrogen-bond acceptors (Lipinski definition) is 3. The van der Waals surface area contributed by atoms with Gasteiger partial charge in [0.25, 0.3) is 0 Å². The third-order valence-corrected chi connectivity index (χ3v) is 3.49. The molecule has 2 rings (SSSR count). The summed E-state index contributed by atoms with van der Waals surface area (Å²) in [7, 11) is 0. The van der Waals surface area contributed by atoms with Crippen molar-refractivity contribution >= 4 is 5.84 Å². The van der Waals surface area contributed by atoms with Gasteiger partial charge in [-0.05, 0) is 43.4 Å². The lowest BCUT2D eigenvalue weighted by molar-refractivity contribution is 0.255. The van der Waals surface area contributed by atoms with Gasteiger partial charge >= 0.3 is 0 Å². The fourth-order valence-electron chi connectivity index (χ4n) is 2.36. The average Bonchev–Trinajstić information content (AvgIpc) is 3.22. The number of rotatable bonds is 7. The van der Waals surface area contributed by atoms with Gasteiger partial charge in [0.2, 0.25) is 0 Å². The maximum Gasteiger partial charge on any atom is 0.170 e. The standard InChI is InChI=1S/C15H23N3O/c1-2-8-18(10-12-6-7-12)11-13-4-3-5-14(9-13)15(16)17-19/h3-5,9,12,19H,2,6-8,10-11H2,1H3,(H2,16,17). The molecular weight excluding hydrogens is 238 g/mol. The summed E-state index contributed by atoms with van der Waals surface area (Å²) < 4.78 is 0. The molecule has 0 spiro atoms. The minimum Gasteiger partial charge on any atom is -0.409 e. The van der Waals surface area contributed by atoms with Crippen molar-refractivity contribution in [2.75, 3.05) is 13.1 Å². The molecule has 0 bridgehead atoms. The van der Waals surface area contributed by atoms with Crippen molar-refractivity contribution in [1.29, 1.82) is 0 Å². The van der Waals surface area contributed by atoms with E-state index in [1.165, 1.54) is 31.4 Å². The first-order valence-electron chi connectivity index (χ1n) is 7.02. The van der Waals surface area contributed by atoms with E-state index in [-0.39, 0.29) is 5.84 Å². The Kier molecular flexibility index (Phi) is 4.80. The van der Waals surface area contributed by atoms with Crippen LogP contribution in [0.5, 0.6) is 0 Å².